The highest BCUT2D eigenvalue weighted by atomic mass is 15.2. The van der Waals surface area contributed by atoms with Crippen molar-refractivity contribution in [3.8, 4) is 0 Å². The largest absolute Gasteiger partial charge is 0.311 e. The molecular weight excluding hydrogens is 256 g/mol. The molecule has 118 valence electrons. The van der Waals surface area contributed by atoms with Gasteiger partial charge in [0.25, 0.3) is 0 Å². The van der Waals surface area contributed by atoms with Crippen LogP contribution in [-0.2, 0) is 6.42 Å². The van der Waals surface area contributed by atoms with E-state index in [-0.39, 0.29) is 0 Å². The lowest BCUT2D eigenvalue weighted by atomic mass is 9.98. The van der Waals surface area contributed by atoms with Crippen LogP contribution in [0.2, 0.25) is 0 Å². The maximum absolute atomic E-state index is 3.78. The van der Waals surface area contributed by atoms with E-state index in [0.29, 0.717) is 6.04 Å². The first-order valence-electron chi connectivity index (χ1n) is 8.70. The van der Waals surface area contributed by atoms with Crippen LogP contribution in [0.4, 0.5) is 0 Å². The van der Waals surface area contributed by atoms with Gasteiger partial charge in [0.05, 0.1) is 0 Å². The second-order valence-corrected chi connectivity index (χ2v) is 6.91. The van der Waals surface area contributed by atoms with Gasteiger partial charge in [0, 0.05) is 25.2 Å². The summed E-state index contributed by atoms with van der Waals surface area (Å²) in [4.78, 5) is 2.74. The Kier molecular flexibility index (Phi) is 6.72. The minimum Gasteiger partial charge on any atom is -0.311 e. The monoisotopic (exact) mass is 288 g/mol. The molecule has 2 rings (SSSR count). The molecule has 1 fully saturated rings. The van der Waals surface area contributed by atoms with Gasteiger partial charge in [-0.05, 0) is 37.3 Å². The van der Waals surface area contributed by atoms with Gasteiger partial charge in [-0.1, -0.05) is 57.5 Å². The second kappa shape index (κ2) is 8.55. The van der Waals surface area contributed by atoms with Crippen LogP contribution in [0.15, 0.2) is 30.3 Å². The number of rotatable bonds is 7. The lowest BCUT2D eigenvalue weighted by molar-refractivity contribution is 0.116. The molecule has 1 aliphatic rings. The Labute approximate surface area is 130 Å². The van der Waals surface area contributed by atoms with Crippen LogP contribution in [-0.4, -0.2) is 36.6 Å². The summed E-state index contributed by atoms with van der Waals surface area (Å²) in [5.41, 5.74) is 1.45. The summed E-state index contributed by atoms with van der Waals surface area (Å²) in [5.74, 6) is 0.801. The maximum Gasteiger partial charge on any atom is 0.0236 e. The molecule has 2 atom stereocenters. The average molecular weight is 288 g/mol. The van der Waals surface area contributed by atoms with E-state index in [1.807, 2.05) is 0 Å². The first kappa shape index (κ1) is 16.5. The van der Waals surface area contributed by atoms with Crippen LogP contribution in [0.5, 0.6) is 0 Å². The van der Waals surface area contributed by atoms with Gasteiger partial charge in [0.2, 0.25) is 0 Å². The number of piperazine rings is 1. The summed E-state index contributed by atoms with van der Waals surface area (Å²) in [5, 5.41) is 3.78. The molecular formula is C19H32N2. The Hall–Kier alpha value is -0.860. The van der Waals surface area contributed by atoms with Crippen molar-refractivity contribution in [2.75, 3.05) is 19.6 Å². The molecule has 2 nitrogen and oxygen atoms in total. The van der Waals surface area contributed by atoms with Crippen molar-refractivity contribution < 1.29 is 0 Å². The molecule has 0 spiro atoms. The Morgan fingerprint density at radius 3 is 2.67 bits per heavy atom. The van der Waals surface area contributed by atoms with Crippen molar-refractivity contribution in [3.05, 3.63) is 35.9 Å². The van der Waals surface area contributed by atoms with E-state index in [1.165, 1.54) is 37.9 Å². The molecule has 21 heavy (non-hydrogen) atoms. The third kappa shape index (κ3) is 5.44. The Morgan fingerprint density at radius 2 is 2.00 bits per heavy atom. The quantitative estimate of drug-likeness (QED) is 0.822. The van der Waals surface area contributed by atoms with Crippen LogP contribution < -0.4 is 5.32 Å². The van der Waals surface area contributed by atoms with Crippen LogP contribution in [0, 0.1) is 5.92 Å². The number of benzene rings is 1. The van der Waals surface area contributed by atoms with Crippen molar-refractivity contribution in [3.63, 3.8) is 0 Å². The van der Waals surface area contributed by atoms with E-state index >= 15 is 0 Å². The maximum atomic E-state index is 3.78. The summed E-state index contributed by atoms with van der Waals surface area (Å²) in [6.07, 6.45) is 5.08. The number of nitrogens with zero attached hydrogens (tertiary/aromatic N) is 1. The zero-order chi connectivity index (χ0) is 15.1. The van der Waals surface area contributed by atoms with E-state index in [2.05, 4.69) is 61.3 Å². The van der Waals surface area contributed by atoms with E-state index in [0.717, 1.165) is 24.9 Å². The Morgan fingerprint density at radius 1 is 1.24 bits per heavy atom. The van der Waals surface area contributed by atoms with Gasteiger partial charge >= 0.3 is 0 Å². The van der Waals surface area contributed by atoms with Gasteiger partial charge in [-0.2, -0.15) is 0 Å². The normalized spacial score (nSPS) is 23.6. The molecule has 1 N–H and O–H groups in total. The van der Waals surface area contributed by atoms with Crippen LogP contribution in [0.25, 0.3) is 0 Å². The lowest BCUT2D eigenvalue weighted by Gasteiger charge is -2.41. The molecule has 0 saturated carbocycles. The fourth-order valence-electron chi connectivity index (χ4n) is 3.28. The highest BCUT2D eigenvalue weighted by molar-refractivity contribution is 5.16. The molecule has 0 radical (unpaired) electrons. The smallest absolute Gasteiger partial charge is 0.0236 e. The van der Waals surface area contributed by atoms with Gasteiger partial charge in [-0.25, -0.2) is 0 Å². The third-order valence-corrected chi connectivity index (χ3v) is 4.55. The first-order chi connectivity index (χ1) is 10.2. The topological polar surface area (TPSA) is 15.3 Å². The molecule has 1 aromatic rings. The number of nitrogens with one attached hydrogen (secondary N) is 1. The summed E-state index contributed by atoms with van der Waals surface area (Å²) >= 11 is 0. The van der Waals surface area contributed by atoms with Gasteiger partial charge in [0.15, 0.2) is 0 Å². The number of hydrogen-bond donors (Lipinski definition) is 1. The molecule has 2 heteroatoms. The Balaban J connectivity index is 1.91. The molecule has 1 heterocycles. The fourth-order valence-corrected chi connectivity index (χ4v) is 3.28. The molecule has 0 bridgehead atoms. The third-order valence-electron chi connectivity index (χ3n) is 4.55. The molecule has 2 unspecified atom stereocenters. The zero-order valence-corrected chi connectivity index (χ0v) is 14.0. The predicted octanol–water partition coefficient (Wildman–Crippen LogP) is 3.72. The van der Waals surface area contributed by atoms with E-state index in [9.17, 15) is 0 Å². The van der Waals surface area contributed by atoms with Crippen molar-refractivity contribution >= 4 is 0 Å². The Bertz CT molecular complexity index is 388. The second-order valence-electron chi connectivity index (χ2n) is 6.91. The molecule has 0 aliphatic carbocycles. The minimum atomic E-state index is 0.604. The van der Waals surface area contributed by atoms with Crippen LogP contribution in [0.3, 0.4) is 0 Å². The molecule has 0 aromatic heterocycles. The van der Waals surface area contributed by atoms with E-state index in [4.69, 9.17) is 0 Å². The number of hydrogen-bond acceptors (Lipinski definition) is 2. The van der Waals surface area contributed by atoms with Crippen molar-refractivity contribution in [2.24, 2.45) is 5.92 Å². The zero-order valence-electron chi connectivity index (χ0n) is 14.0. The van der Waals surface area contributed by atoms with Gasteiger partial charge < -0.3 is 5.32 Å². The summed E-state index contributed by atoms with van der Waals surface area (Å²) in [6.45, 7) is 10.6. The van der Waals surface area contributed by atoms with Crippen molar-refractivity contribution in [1.29, 1.82) is 0 Å². The highest BCUT2D eigenvalue weighted by Gasteiger charge is 2.26. The molecule has 1 saturated heterocycles. The minimum absolute atomic E-state index is 0.604. The summed E-state index contributed by atoms with van der Waals surface area (Å²) in [7, 11) is 0. The molecule has 1 aromatic carbocycles. The SMILES string of the molecule is CCCC1CNC(Cc2ccccc2)CN1CCC(C)C. The van der Waals surface area contributed by atoms with Crippen molar-refractivity contribution in [1.82, 2.24) is 10.2 Å². The van der Waals surface area contributed by atoms with Crippen LogP contribution in [0.1, 0.15) is 45.6 Å². The van der Waals surface area contributed by atoms with Gasteiger partial charge in [-0.3, -0.25) is 4.90 Å². The van der Waals surface area contributed by atoms with E-state index < -0.39 is 0 Å². The lowest BCUT2D eigenvalue weighted by Crippen LogP contribution is -2.57. The molecule has 1 aliphatic heterocycles. The van der Waals surface area contributed by atoms with Gasteiger partial charge in [-0.15, -0.1) is 0 Å². The van der Waals surface area contributed by atoms with Crippen molar-refractivity contribution in [2.45, 2.75) is 58.5 Å². The predicted molar refractivity (Wildman–Crippen MR) is 91.7 cm³/mol. The standard InChI is InChI=1S/C19H32N2/c1-4-8-19-14-20-18(13-17-9-6-5-7-10-17)15-21(19)12-11-16(2)3/h5-7,9-10,16,18-20H,4,8,11-15H2,1-3H3. The fraction of sp³-hybridized carbons (Fsp3) is 0.684. The van der Waals surface area contributed by atoms with Crippen LogP contribution >= 0.6 is 0 Å². The molecule has 0 amide bonds. The highest BCUT2D eigenvalue weighted by Crippen LogP contribution is 2.16. The summed E-state index contributed by atoms with van der Waals surface area (Å²) in [6, 6.07) is 12.2. The van der Waals surface area contributed by atoms with Gasteiger partial charge in [0.1, 0.15) is 0 Å². The van der Waals surface area contributed by atoms with E-state index in [1.54, 1.807) is 0 Å². The first-order valence-corrected chi connectivity index (χ1v) is 8.70. The summed E-state index contributed by atoms with van der Waals surface area (Å²) < 4.78 is 0. The average Bonchev–Trinajstić information content (AvgIpc) is 2.48.